The number of amides is 1. The molecule has 9 nitrogen and oxygen atoms in total. The summed E-state index contributed by atoms with van der Waals surface area (Å²) in [7, 11) is 1.74. The van der Waals surface area contributed by atoms with E-state index in [0.29, 0.717) is 18.8 Å². The minimum Gasteiger partial charge on any atom is -0.444 e. The number of carbonyl (C=O) groups is 1. The van der Waals surface area contributed by atoms with Gasteiger partial charge in [-0.3, -0.25) is 10.3 Å². The Morgan fingerprint density at radius 2 is 1.88 bits per heavy atom. The number of carbonyl (C=O) groups excluding carboxylic acids is 1. The molecule has 1 amide bonds. The second-order valence-electron chi connectivity index (χ2n) is 8.40. The topological polar surface area (TPSA) is 105 Å². The van der Waals surface area contributed by atoms with E-state index in [-0.39, 0.29) is 0 Å². The summed E-state index contributed by atoms with van der Waals surface area (Å²) in [5.41, 5.74) is 2.39. The maximum atomic E-state index is 11.9. The van der Waals surface area contributed by atoms with E-state index in [1.165, 1.54) is 0 Å². The summed E-state index contributed by atoms with van der Waals surface area (Å²) < 4.78 is 6.99. The van der Waals surface area contributed by atoms with Crippen LogP contribution >= 0.6 is 0 Å². The van der Waals surface area contributed by atoms with Gasteiger partial charge in [0.2, 0.25) is 0 Å². The fourth-order valence-corrected chi connectivity index (χ4v) is 3.01. The van der Waals surface area contributed by atoms with E-state index >= 15 is 0 Å². The Labute approximate surface area is 194 Å². The van der Waals surface area contributed by atoms with Crippen molar-refractivity contribution in [1.82, 2.24) is 25.4 Å². The number of aliphatic imine (C=N–C) groups is 1. The summed E-state index contributed by atoms with van der Waals surface area (Å²) in [5, 5.41) is 13.6. The molecule has 0 saturated heterocycles. The minimum absolute atomic E-state index is 0.460. The zero-order chi connectivity index (χ0) is 23.7. The zero-order valence-electron chi connectivity index (χ0n) is 19.5. The van der Waals surface area contributed by atoms with E-state index in [4.69, 9.17) is 4.74 Å². The van der Waals surface area contributed by atoms with E-state index in [0.717, 1.165) is 29.3 Å². The summed E-state index contributed by atoms with van der Waals surface area (Å²) in [4.78, 5) is 20.5. The Kier molecular flexibility index (Phi) is 8.01. The second-order valence-corrected chi connectivity index (χ2v) is 8.40. The van der Waals surface area contributed by atoms with Crippen LogP contribution in [-0.4, -0.2) is 46.0 Å². The van der Waals surface area contributed by atoms with Crippen LogP contribution in [0, 0.1) is 0 Å². The summed E-state index contributed by atoms with van der Waals surface area (Å²) >= 11 is 0. The highest BCUT2D eigenvalue weighted by Crippen LogP contribution is 2.13. The van der Waals surface area contributed by atoms with Crippen LogP contribution in [-0.2, 0) is 17.7 Å². The van der Waals surface area contributed by atoms with Gasteiger partial charge >= 0.3 is 6.09 Å². The number of hydrogen-bond donors (Lipinski definition) is 3. The van der Waals surface area contributed by atoms with Crippen molar-refractivity contribution in [3.63, 3.8) is 0 Å². The van der Waals surface area contributed by atoms with E-state index < -0.39 is 11.7 Å². The predicted octanol–water partition coefficient (Wildman–Crippen LogP) is 3.52. The molecule has 0 aliphatic carbocycles. The molecule has 0 spiro atoms. The molecule has 33 heavy (non-hydrogen) atoms. The van der Waals surface area contributed by atoms with E-state index in [9.17, 15) is 4.79 Å². The average molecular weight is 450 g/mol. The van der Waals surface area contributed by atoms with Gasteiger partial charge in [-0.2, -0.15) is 5.10 Å². The molecule has 0 radical (unpaired) electrons. The van der Waals surface area contributed by atoms with Gasteiger partial charge in [-0.25, -0.2) is 14.5 Å². The van der Waals surface area contributed by atoms with Crippen LogP contribution in [0.25, 0.3) is 5.82 Å². The molecule has 1 aromatic carbocycles. The lowest BCUT2D eigenvalue weighted by Crippen LogP contribution is -2.37. The SMILES string of the molecule is CN=C(NCCc1ccc(NC(=O)OC(C)(C)C)cc1)NCc1ccnc(-n2cccn2)c1. The number of rotatable bonds is 7. The normalized spacial score (nSPS) is 11.7. The first-order valence-corrected chi connectivity index (χ1v) is 10.8. The molecule has 0 fully saturated rings. The molecule has 0 bridgehead atoms. The van der Waals surface area contributed by atoms with Gasteiger partial charge in [-0.1, -0.05) is 12.1 Å². The average Bonchev–Trinajstić information content (AvgIpc) is 3.31. The van der Waals surface area contributed by atoms with Crippen LogP contribution in [0.1, 0.15) is 31.9 Å². The molecular weight excluding hydrogens is 418 g/mol. The predicted molar refractivity (Wildman–Crippen MR) is 130 cm³/mol. The fourth-order valence-electron chi connectivity index (χ4n) is 3.01. The van der Waals surface area contributed by atoms with Crippen molar-refractivity contribution in [2.45, 2.75) is 39.3 Å². The maximum absolute atomic E-state index is 11.9. The van der Waals surface area contributed by atoms with E-state index in [1.54, 1.807) is 24.1 Å². The van der Waals surface area contributed by atoms with Crippen molar-refractivity contribution in [2.75, 3.05) is 18.9 Å². The summed E-state index contributed by atoms with van der Waals surface area (Å²) in [5.74, 6) is 1.49. The number of benzene rings is 1. The van der Waals surface area contributed by atoms with E-state index in [2.05, 4.69) is 31.0 Å². The van der Waals surface area contributed by atoms with Crippen LogP contribution in [0.15, 0.2) is 66.0 Å². The van der Waals surface area contributed by atoms with Gasteiger partial charge in [-0.05, 0) is 68.7 Å². The quantitative estimate of drug-likeness (QED) is 0.376. The Hall–Kier alpha value is -3.88. The number of ether oxygens (including phenoxy) is 1. The fraction of sp³-hybridized carbons (Fsp3) is 0.333. The van der Waals surface area contributed by atoms with Gasteiger partial charge in [0.05, 0.1) is 0 Å². The molecule has 174 valence electrons. The lowest BCUT2D eigenvalue weighted by Gasteiger charge is -2.19. The summed E-state index contributed by atoms with van der Waals surface area (Å²) in [6.45, 7) is 6.83. The number of aromatic nitrogens is 3. The number of nitrogens with zero attached hydrogens (tertiary/aromatic N) is 4. The van der Waals surface area contributed by atoms with Crippen LogP contribution in [0.2, 0.25) is 0 Å². The van der Waals surface area contributed by atoms with Crippen molar-refractivity contribution < 1.29 is 9.53 Å². The number of anilines is 1. The van der Waals surface area contributed by atoms with Gasteiger partial charge in [0, 0.05) is 44.4 Å². The summed E-state index contributed by atoms with van der Waals surface area (Å²) in [6.07, 6.45) is 5.71. The van der Waals surface area contributed by atoms with Gasteiger partial charge in [0.15, 0.2) is 11.8 Å². The van der Waals surface area contributed by atoms with Crippen molar-refractivity contribution in [3.05, 3.63) is 72.2 Å². The Morgan fingerprint density at radius 1 is 1.09 bits per heavy atom. The molecular formula is C24H31N7O2. The molecule has 0 aliphatic heterocycles. The van der Waals surface area contributed by atoms with Crippen molar-refractivity contribution in [1.29, 1.82) is 0 Å². The van der Waals surface area contributed by atoms with Crippen molar-refractivity contribution in [2.24, 2.45) is 4.99 Å². The first kappa shape index (κ1) is 23.8. The lowest BCUT2D eigenvalue weighted by atomic mass is 10.1. The molecule has 3 rings (SSSR count). The van der Waals surface area contributed by atoms with Gasteiger partial charge in [0.25, 0.3) is 0 Å². The zero-order valence-corrected chi connectivity index (χ0v) is 19.5. The molecule has 0 unspecified atom stereocenters. The molecule has 0 atom stereocenters. The highest BCUT2D eigenvalue weighted by Gasteiger charge is 2.16. The van der Waals surface area contributed by atoms with Gasteiger partial charge in [-0.15, -0.1) is 0 Å². The number of hydrogen-bond acceptors (Lipinski definition) is 5. The molecule has 2 aromatic heterocycles. The molecule has 9 heteroatoms. The smallest absolute Gasteiger partial charge is 0.412 e. The molecule has 3 aromatic rings. The van der Waals surface area contributed by atoms with E-state index in [1.807, 2.05) is 69.4 Å². The third kappa shape index (κ3) is 7.95. The lowest BCUT2D eigenvalue weighted by molar-refractivity contribution is 0.0636. The van der Waals surface area contributed by atoms with Crippen LogP contribution < -0.4 is 16.0 Å². The maximum Gasteiger partial charge on any atom is 0.412 e. The third-order valence-corrected chi connectivity index (χ3v) is 4.54. The Balaban J connectivity index is 1.43. The van der Waals surface area contributed by atoms with Gasteiger partial charge in [0.1, 0.15) is 5.60 Å². The summed E-state index contributed by atoms with van der Waals surface area (Å²) in [6, 6.07) is 13.5. The largest absolute Gasteiger partial charge is 0.444 e. The highest BCUT2D eigenvalue weighted by atomic mass is 16.6. The Bertz CT molecular complexity index is 1060. The molecule has 0 aliphatic rings. The van der Waals surface area contributed by atoms with Gasteiger partial charge < -0.3 is 15.4 Å². The number of guanidine groups is 1. The van der Waals surface area contributed by atoms with Crippen molar-refractivity contribution >= 4 is 17.7 Å². The Morgan fingerprint density at radius 3 is 2.55 bits per heavy atom. The highest BCUT2D eigenvalue weighted by molar-refractivity contribution is 5.84. The standard InChI is InChI=1S/C24H31N7O2/c1-24(2,3)33-23(32)30-20-8-6-18(7-9-20)10-14-27-22(25-4)28-17-19-11-13-26-21(16-19)31-15-5-12-29-31/h5-9,11-13,15-16H,10,14,17H2,1-4H3,(H,30,32)(H2,25,27,28). The first-order valence-electron chi connectivity index (χ1n) is 10.8. The molecule has 2 heterocycles. The second kappa shape index (κ2) is 11.1. The molecule has 3 N–H and O–H groups in total. The van der Waals surface area contributed by atoms with Crippen LogP contribution in [0.3, 0.4) is 0 Å². The monoisotopic (exact) mass is 449 g/mol. The third-order valence-electron chi connectivity index (χ3n) is 4.54. The molecule has 0 saturated carbocycles. The van der Waals surface area contributed by atoms with Crippen molar-refractivity contribution in [3.8, 4) is 5.82 Å². The van der Waals surface area contributed by atoms with Crippen LogP contribution in [0.5, 0.6) is 0 Å². The number of pyridine rings is 1. The minimum atomic E-state index is -0.526. The number of nitrogens with one attached hydrogen (secondary N) is 3. The van der Waals surface area contributed by atoms with Crippen LogP contribution in [0.4, 0.5) is 10.5 Å². The first-order chi connectivity index (χ1) is 15.8.